The van der Waals surface area contributed by atoms with Crippen molar-refractivity contribution in [3.8, 4) is 11.5 Å². The van der Waals surface area contributed by atoms with E-state index in [9.17, 15) is 9.59 Å². The van der Waals surface area contributed by atoms with Gasteiger partial charge in [0.1, 0.15) is 23.6 Å². The minimum Gasteiger partial charge on any atom is -0.492 e. The largest absolute Gasteiger partial charge is 0.492 e. The maximum atomic E-state index is 12.6. The van der Waals surface area contributed by atoms with Crippen molar-refractivity contribution in [2.75, 3.05) is 22.6 Å². The summed E-state index contributed by atoms with van der Waals surface area (Å²) in [5.74, 6) is 1.21. The summed E-state index contributed by atoms with van der Waals surface area (Å²) in [6, 6.07) is 10.3. The third-order valence-electron chi connectivity index (χ3n) is 4.54. The summed E-state index contributed by atoms with van der Waals surface area (Å²) < 4.78 is 11.6. The molecule has 0 aliphatic carbocycles. The summed E-state index contributed by atoms with van der Waals surface area (Å²) in [5, 5.41) is 8.78. The minimum atomic E-state index is -0.499. The van der Waals surface area contributed by atoms with Crippen molar-refractivity contribution < 1.29 is 19.1 Å². The van der Waals surface area contributed by atoms with Crippen molar-refractivity contribution in [1.29, 1.82) is 0 Å². The molecule has 154 valence electrons. The van der Waals surface area contributed by atoms with Crippen LogP contribution in [0.2, 0.25) is 0 Å². The monoisotopic (exact) mass is 397 g/mol. The SMILES string of the molecule is CCOc1cc2c(cc1N[C@@H](C)C(=O)Nc1ccc(NC(C)=O)cc1)O[C@@H](C)C2. The lowest BCUT2D eigenvalue weighted by atomic mass is 10.1. The van der Waals surface area contributed by atoms with Crippen molar-refractivity contribution in [3.63, 3.8) is 0 Å². The molecule has 0 saturated heterocycles. The van der Waals surface area contributed by atoms with Gasteiger partial charge in [-0.05, 0) is 51.1 Å². The number of carbonyl (C=O) groups excluding carboxylic acids is 2. The summed E-state index contributed by atoms with van der Waals surface area (Å²) in [5.41, 5.74) is 3.16. The molecule has 2 atom stereocenters. The Morgan fingerprint density at radius 1 is 1.17 bits per heavy atom. The maximum Gasteiger partial charge on any atom is 0.246 e. The zero-order valence-corrected chi connectivity index (χ0v) is 17.2. The number of rotatable bonds is 7. The number of carbonyl (C=O) groups is 2. The second kappa shape index (κ2) is 8.86. The van der Waals surface area contributed by atoms with E-state index in [1.807, 2.05) is 26.0 Å². The predicted molar refractivity (Wildman–Crippen MR) is 114 cm³/mol. The molecule has 7 nitrogen and oxygen atoms in total. The quantitative estimate of drug-likeness (QED) is 0.661. The van der Waals surface area contributed by atoms with Crippen molar-refractivity contribution in [2.24, 2.45) is 0 Å². The van der Waals surface area contributed by atoms with Gasteiger partial charge in [0, 0.05) is 36.3 Å². The molecule has 2 aromatic rings. The van der Waals surface area contributed by atoms with Gasteiger partial charge in [-0.1, -0.05) is 0 Å². The molecule has 3 rings (SSSR count). The summed E-state index contributed by atoms with van der Waals surface area (Å²) in [7, 11) is 0. The Balaban J connectivity index is 1.68. The fourth-order valence-electron chi connectivity index (χ4n) is 3.22. The van der Waals surface area contributed by atoms with Gasteiger partial charge >= 0.3 is 0 Å². The van der Waals surface area contributed by atoms with E-state index < -0.39 is 6.04 Å². The molecule has 0 bridgehead atoms. The van der Waals surface area contributed by atoms with E-state index in [2.05, 4.69) is 16.0 Å². The molecule has 2 amide bonds. The number of nitrogens with one attached hydrogen (secondary N) is 3. The summed E-state index contributed by atoms with van der Waals surface area (Å²) >= 11 is 0. The third-order valence-corrected chi connectivity index (χ3v) is 4.54. The zero-order chi connectivity index (χ0) is 21.0. The van der Waals surface area contributed by atoms with E-state index >= 15 is 0 Å². The molecule has 29 heavy (non-hydrogen) atoms. The zero-order valence-electron chi connectivity index (χ0n) is 17.2. The van der Waals surface area contributed by atoms with Crippen LogP contribution in [0.25, 0.3) is 0 Å². The second-order valence-corrected chi connectivity index (χ2v) is 7.14. The van der Waals surface area contributed by atoms with Gasteiger partial charge in [0.2, 0.25) is 11.8 Å². The van der Waals surface area contributed by atoms with Gasteiger partial charge in [0.15, 0.2) is 0 Å². The molecule has 0 aromatic heterocycles. The number of anilines is 3. The topological polar surface area (TPSA) is 88.7 Å². The van der Waals surface area contributed by atoms with Gasteiger partial charge < -0.3 is 25.4 Å². The van der Waals surface area contributed by atoms with Crippen molar-refractivity contribution in [2.45, 2.75) is 46.3 Å². The number of benzene rings is 2. The van der Waals surface area contributed by atoms with Crippen LogP contribution in [-0.4, -0.2) is 30.6 Å². The van der Waals surface area contributed by atoms with Crippen LogP contribution in [0, 0.1) is 0 Å². The Bertz CT molecular complexity index is 896. The first-order chi connectivity index (χ1) is 13.9. The van der Waals surface area contributed by atoms with Crippen LogP contribution in [0.4, 0.5) is 17.1 Å². The Hall–Kier alpha value is -3.22. The van der Waals surface area contributed by atoms with Crippen LogP contribution < -0.4 is 25.4 Å². The predicted octanol–water partition coefficient (Wildman–Crippen LogP) is 3.81. The van der Waals surface area contributed by atoms with E-state index in [0.29, 0.717) is 23.7 Å². The van der Waals surface area contributed by atoms with Crippen LogP contribution in [0.15, 0.2) is 36.4 Å². The average Bonchev–Trinajstić information content (AvgIpc) is 3.02. The average molecular weight is 397 g/mol. The minimum absolute atomic E-state index is 0.135. The molecule has 1 aliphatic heterocycles. The number of fused-ring (bicyclic) bond motifs is 1. The van der Waals surface area contributed by atoms with Crippen LogP contribution in [0.1, 0.15) is 33.3 Å². The van der Waals surface area contributed by atoms with E-state index in [1.54, 1.807) is 31.2 Å². The van der Waals surface area contributed by atoms with Crippen LogP contribution in [0.5, 0.6) is 11.5 Å². The molecule has 2 aromatic carbocycles. The normalized spacial score (nSPS) is 15.7. The summed E-state index contributed by atoms with van der Waals surface area (Å²) in [4.78, 5) is 23.7. The Morgan fingerprint density at radius 2 is 1.83 bits per heavy atom. The van der Waals surface area contributed by atoms with Gasteiger partial charge in [-0.15, -0.1) is 0 Å². The summed E-state index contributed by atoms with van der Waals surface area (Å²) in [6.07, 6.45) is 0.983. The van der Waals surface area contributed by atoms with Crippen LogP contribution in [0.3, 0.4) is 0 Å². The molecule has 0 spiro atoms. The van der Waals surface area contributed by atoms with Crippen molar-refractivity contribution in [1.82, 2.24) is 0 Å². The molecule has 1 heterocycles. The third kappa shape index (κ3) is 5.19. The van der Waals surface area contributed by atoms with E-state index in [-0.39, 0.29) is 17.9 Å². The van der Waals surface area contributed by atoms with Gasteiger partial charge in [-0.2, -0.15) is 0 Å². The first-order valence-corrected chi connectivity index (χ1v) is 9.77. The smallest absolute Gasteiger partial charge is 0.246 e. The first kappa shape index (κ1) is 20.5. The number of hydrogen-bond donors (Lipinski definition) is 3. The lowest BCUT2D eigenvalue weighted by molar-refractivity contribution is -0.116. The molecule has 0 fully saturated rings. The standard InChI is InChI=1S/C22H27N3O4/c1-5-28-21-11-16-10-13(2)29-20(16)12-19(21)23-14(3)22(27)25-18-8-6-17(7-9-18)24-15(4)26/h6-9,11-14,23H,5,10H2,1-4H3,(H,24,26)(H,25,27)/t13-,14-/m0/s1. The molecule has 0 radical (unpaired) electrons. The lowest BCUT2D eigenvalue weighted by Gasteiger charge is -2.19. The second-order valence-electron chi connectivity index (χ2n) is 7.14. The molecule has 0 saturated carbocycles. The Labute approximate surface area is 170 Å². The van der Waals surface area contributed by atoms with E-state index in [1.165, 1.54) is 6.92 Å². The van der Waals surface area contributed by atoms with Crippen molar-refractivity contribution in [3.05, 3.63) is 42.0 Å². The Morgan fingerprint density at radius 3 is 2.45 bits per heavy atom. The highest BCUT2D eigenvalue weighted by molar-refractivity contribution is 5.97. The fourth-order valence-corrected chi connectivity index (χ4v) is 3.22. The lowest BCUT2D eigenvalue weighted by Crippen LogP contribution is -2.32. The van der Waals surface area contributed by atoms with Gasteiger partial charge in [-0.3, -0.25) is 9.59 Å². The van der Waals surface area contributed by atoms with Gasteiger partial charge in [0.05, 0.1) is 12.3 Å². The number of hydrogen-bond acceptors (Lipinski definition) is 5. The molecular weight excluding hydrogens is 370 g/mol. The van der Waals surface area contributed by atoms with Gasteiger partial charge in [0.25, 0.3) is 0 Å². The molecule has 7 heteroatoms. The maximum absolute atomic E-state index is 12.6. The van der Waals surface area contributed by atoms with E-state index in [4.69, 9.17) is 9.47 Å². The molecule has 0 unspecified atom stereocenters. The van der Waals surface area contributed by atoms with E-state index in [0.717, 1.165) is 23.4 Å². The molecular formula is C22H27N3O4. The highest BCUT2D eigenvalue weighted by atomic mass is 16.5. The fraction of sp³-hybridized carbons (Fsp3) is 0.364. The highest BCUT2D eigenvalue weighted by Gasteiger charge is 2.23. The van der Waals surface area contributed by atoms with Crippen LogP contribution >= 0.6 is 0 Å². The summed E-state index contributed by atoms with van der Waals surface area (Å²) in [6.45, 7) is 7.72. The number of amides is 2. The molecule has 3 N–H and O–H groups in total. The van der Waals surface area contributed by atoms with Crippen molar-refractivity contribution >= 4 is 28.9 Å². The molecule has 1 aliphatic rings. The van der Waals surface area contributed by atoms with Crippen LogP contribution in [-0.2, 0) is 16.0 Å². The Kier molecular flexibility index (Phi) is 6.26. The first-order valence-electron chi connectivity index (χ1n) is 9.77. The van der Waals surface area contributed by atoms with Gasteiger partial charge in [-0.25, -0.2) is 0 Å². The highest BCUT2D eigenvalue weighted by Crippen LogP contribution is 2.38. The number of ether oxygens (including phenoxy) is 2.